The van der Waals surface area contributed by atoms with Gasteiger partial charge in [0.15, 0.2) is 0 Å². The van der Waals surface area contributed by atoms with Gasteiger partial charge in [-0.05, 0) is 25.0 Å². The molecule has 1 aromatic heterocycles. The van der Waals surface area contributed by atoms with Crippen molar-refractivity contribution in [2.24, 2.45) is 5.41 Å². The summed E-state index contributed by atoms with van der Waals surface area (Å²) in [6.07, 6.45) is 0.995. The van der Waals surface area contributed by atoms with E-state index in [1.807, 2.05) is 6.07 Å². The Morgan fingerprint density at radius 1 is 1.59 bits per heavy atom. The van der Waals surface area contributed by atoms with Crippen molar-refractivity contribution < 1.29 is 9.53 Å². The summed E-state index contributed by atoms with van der Waals surface area (Å²) in [6.45, 7) is 8.51. The van der Waals surface area contributed by atoms with Crippen molar-refractivity contribution in [3.63, 3.8) is 0 Å². The minimum atomic E-state index is 0.0472. The van der Waals surface area contributed by atoms with E-state index in [1.165, 1.54) is 10.4 Å². The number of carbonyl (C=O) groups is 1. The fourth-order valence-corrected chi connectivity index (χ4v) is 2.95. The van der Waals surface area contributed by atoms with Crippen LogP contribution in [0, 0.1) is 12.3 Å². The first kappa shape index (κ1) is 12.6. The SMILES string of the molecule is CCc1sc(C(=O)NCC2(C)COC2)cc1C. The second kappa shape index (κ2) is 4.78. The molecule has 0 radical (unpaired) electrons. The van der Waals surface area contributed by atoms with E-state index in [4.69, 9.17) is 4.74 Å². The van der Waals surface area contributed by atoms with Gasteiger partial charge in [-0.25, -0.2) is 0 Å². The lowest BCUT2D eigenvalue weighted by molar-refractivity contribution is -0.0978. The summed E-state index contributed by atoms with van der Waals surface area (Å²) in [4.78, 5) is 14.1. The topological polar surface area (TPSA) is 38.3 Å². The van der Waals surface area contributed by atoms with Crippen LogP contribution in [0.25, 0.3) is 0 Å². The van der Waals surface area contributed by atoms with Gasteiger partial charge in [0.1, 0.15) is 0 Å². The van der Waals surface area contributed by atoms with Crippen molar-refractivity contribution in [1.29, 1.82) is 0 Å². The first-order valence-electron chi connectivity index (χ1n) is 5.99. The second-order valence-electron chi connectivity index (χ2n) is 5.06. The average molecular weight is 253 g/mol. The first-order valence-corrected chi connectivity index (χ1v) is 6.81. The molecule has 0 bridgehead atoms. The molecule has 0 aromatic carbocycles. The van der Waals surface area contributed by atoms with E-state index in [2.05, 4.69) is 26.1 Å². The molecule has 2 rings (SSSR count). The van der Waals surface area contributed by atoms with Crippen molar-refractivity contribution in [3.8, 4) is 0 Å². The Labute approximate surface area is 106 Å². The maximum Gasteiger partial charge on any atom is 0.261 e. The minimum Gasteiger partial charge on any atom is -0.380 e. The summed E-state index contributed by atoms with van der Waals surface area (Å²) in [5.74, 6) is 0.0472. The van der Waals surface area contributed by atoms with E-state index >= 15 is 0 Å². The quantitative estimate of drug-likeness (QED) is 0.894. The zero-order chi connectivity index (χ0) is 12.5. The zero-order valence-electron chi connectivity index (χ0n) is 10.6. The largest absolute Gasteiger partial charge is 0.380 e. The van der Waals surface area contributed by atoms with Gasteiger partial charge in [0.05, 0.1) is 18.1 Å². The molecule has 1 saturated heterocycles. The summed E-state index contributed by atoms with van der Waals surface area (Å²) in [7, 11) is 0. The number of aryl methyl sites for hydroxylation is 2. The molecule has 2 heterocycles. The van der Waals surface area contributed by atoms with Crippen LogP contribution in [0.3, 0.4) is 0 Å². The third-order valence-electron chi connectivity index (χ3n) is 3.14. The van der Waals surface area contributed by atoms with Crippen LogP contribution in [-0.2, 0) is 11.2 Å². The number of carbonyl (C=O) groups excluding carboxylic acids is 1. The number of ether oxygens (including phenoxy) is 1. The fraction of sp³-hybridized carbons (Fsp3) is 0.615. The van der Waals surface area contributed by atoms with Crippen LogP contribution in [0.4, 0.5) is 0 Å². The lowest BCUT2D eigenvalue weighted by Gasteiger charge is -2.37. The van der Waals surface area contributed by atoms with Gasteiger partial charge in [0.25, 0.3) is 5.91 Å². The number of rotatable bonds is 4. The number of hydrogen-bond acceptors (Lipinski definition) is 3. The summed E-state index contributed by atoms with van der Waals surface area (Å²) in [5.41, 5.74) is 1.36. The Hall–Kier alpha value is -0.870. The molecule has 3 nitrogen and oxygen atoms in total. The van der Waals surface area contributed by atoms with Gasteiger partial charge in [0, 0.05) is 16.8 Å². The van der Waals surface area contributed by atoms with Crippen molar-refractivity contribution >= 4 is 17.2 Å². The van der Waals surface area contributed by atoms with Crippen LogP contribution in [0.5, 0.6) is 0 Å². The third-order valence-corrected chi connectivity index (χ3v) is 4.52. The molecule has 1 fully saturated rings. The lowest BCUT2D eigenvalue weighted by atomic mass is 9.89. The van der Waals surface area contributed by atoms with Gasteiger partial charge in [-0.15, -0.1) is 11.3 Å². The molecule has 0 aliphatic carbocycles. The Bertz CT molecular complexity index is 421. The highest BCUT2D eigenvalue weighted by atomic mass is 32.1. The van der Waals surface area contributed by atoms with Crippen LogP contribution >= 0.6 is 11.3 Å². The Morgan fingerprint density at radius 3 is 2.76 bits per heavy atom. The smallest absolute Gasteiger partial charge is 0.261 e. The number of amides is 1. The Kier molecular flexibility index (Phi) is 3.54. The average Bonchev–Trinajstić information content (AvgIpc) is 2.65. The van der Waals surface area contributed by atoms with Gasteiger partial charge >= 0.3 is 0 Å². The molecule has 1 aliphatic heterocycles. The molecule has 0 spiro atoms. The number of nitrogens with one attached hydrogen (secondary N) is 1. The van der Waals surface area contributed by atoms with Crippen LogP contribution in [-0.4, -0.2) is 25.7 Å². The maximum atomic E-state index is 12.0. The lowest BCUT2D eigenvalue weighted by Crippen LogP contribution is -2.48. The third kappa shape index (κ3) is 2.69. The summed E-state index contributed by atoms with van der Waals surface area (Å²) >= 11 is 1.60. The van der Waals surface area contributed by atoms with Gasteiger partial charge in [-0.2, -0.15) is 0 Å². The molecule has 1 aliphatic rings. The van der Waals surface area contributed by atoms with Gasteiger partial charge in [-0.3, -0.25) is 4.79 Å². The molecule has 1 aromatic rings. The Morgan fingerprint density at radius 2 is 2.29 bits per heavy atom. The molecular formula is C13H19NO2S. The van der Waals surface area contributed by atoms with Gasteiger partial charge in [-0.1, -0.05) is 13.8 Å². The molecule has 1 N–H and O–H groups in total. The second-order valence-corrected chi connectivity index (χ2v) is 6.19. The number of thiophene rings is 1. The van der Waals surface area contributed by atoms with Crippen LogP contribution in [0.1, 0.15) is 34.0 Å². The molecule has 4 heteroatoms. The van der Waals surface area contributed by atoms with Crippen LogP contribution in [0.15, 0.2) is 6.07 Å². The van der Waals surface area contributed by atoms with E-state index in [0.29, 0.717) is 6.54 Å². The molecule has 94 valence electrons. The highest BCUT2D eigenvalue weighted by Crippen LogP contribution is 2.26. The standard InChI is InChI=1S/C13H19NO2S/c1-4-10-9(2)5-11(17-10)12(15)14-6-13(3)7-16-8-13/h5H,4,6-8H2,1-3H3,(H,14,15). The van der Waals surface area contributed by atoms with Crippen molar-refractivity contribution in [1.82, 2.24) is 5.32 Å². The van der Waals surface area contributed by atoms with E-state index in [9.17, 15) is 4.79 Å². The Balaban J connectivity index is 1.94. The van der Waals surface area contributed by atoms with Crippen molar-refractivity contribution in [2.75, 3.05) is 19.8 Å². The van der Waals surface area contributed by atoms with Crippen LogP contribution < -0.4 is 5.32 Å². The fourth-order valence-electron chi connectivity index (χ4n) is 1.92. The van der Waals surface area contributed by atoms with Crippen molar-refractivity contribution in [3.05, 3.63) is 21.4 Å². The van der Waals surface area contributed by atoms with E-state index in [-0.39, 0.29) is 11.3 Å². The zero-order valence-corrected chi connectivity index (χ0v) is 11.4. The van der Waals surface area contributed by atoms with Gasteiger partial charge in [0.2, 0.25) is 0 Å². The van der Waals surface area contributed by atoms with Crippen molar-refractivity contribution in [2.45, 2.75) is 27.2 Å². The minimum absolute atomic E-state index is 0.0472. The molecule has 0 saturated carbocycles. The monoisotopic (exact) mass is 253 g/mol. The summed E-state index contributed by atoms with van der Waals surface area (Å²) < 4.78 is 5.17. The van der Waals surface area contributed by atoms with Crippen LogP contribution in [0.2, 0.25) is 0 Å². The maximum absolute atomic E-state index is 12.0. The molecule has 17 heavy (non-hydrogen) atoms. The predicted molar refractivity (Wildman–Crippen MR) is 69.7 cm³/mol. The predicted octanol–water partition coefficient (Wildman–Crippen LogP) is 2.39. The van der Waals surface area contributed by atoms with E-state index in [0.717, 1.165) is 24.5 Å². The summed E-state index contributed by atoms with van der Waals surface area (Å²) in [6, 6.07) is 1.98. The normalized spacial score (nSPS) is 17.6. The summed E-state index contributed by atoms with van der Waals surface area (Å²) in [5, 5.41) is 3.00. The van der Waals surface area contributed by atoms with E-state index in [1.54, 1.807) is 11.3 Å². The molecular weight excluding hydrogens is 234 g/mol. The highest BCUT2D eigenvalue weighted by molar-refractivity contribution is 7.14. The number of hydrogen-bond donors (Lipinski definition) is 1. The molecule has 1 amide bonds. The van der Waals surface area contributed by atoms with E-state index < -0.39 is 0 Å². The molecule has 0 unspecified atom stereocenters. The first-order chi connectivity index (χ1) is 8.04. The highest BCUT2D eigenvalue weighted by Gasteiger charge is 2.33. The van der Waals surface area contributed by atoms with Gasteiger partial charge < -0.3 is 10.1 Å². The molecule has 0 atom stereocenters.